The fourth-order valence-corrected chi connectivity index (χ4v) is 4.02. The number of nitrogens with one attached hydrogen (secondary N) is 1. The van der Waals surface area contributed by atoms with Gasteiger partial charge in [0.15, 0.2) is 0 Å². The molecule has 0 spiro atoms. The molecule has 1 aromatic carbocycles. The summed E-state index contributed by atoms with van der Waals surface area (Å²) in [6.07, 6.45) is 0.920. The maximum Gasteiger partial charge on any atom is 0.122 e. The first-order chi connectivity index (χ1) is 9.63. The maximum absolute atomic E-state index is 5.47. The van der Waals surface area contributed by atoms with Gasteiger partial charge in [0.05, 0.1) is 9.99 Å². The number of ether oxygens (including phenoxy) is 1. The molecule has 0 radical (unpaired) electrons. The highest BCUT2D eigenvalue weighted by molar-refractivity contribution is 14.1. The topological polar surface area (TPSA) is 21.3 Å². The molecule has 0 aliphatic carbocycles. The van der Waals surface area contributed by atoms with Crippen LogP contribution in [0.25, 0.3) is 0 Å². The molecular formula is C15H17BrINOS. The van der Waals surface area contributed by atoms with Crippen molar-refractivity contribution in [2.45, 2.75) is 19.4 Å². The third-order valence-electron chi connectivity index (χ3n) is 3.11. The zero-order valence-electron chi connectivity index (χ0n) is 11.5. The normalized spacial score (nSPS) is 12.4. The van der Waals surface area contributed by atoms with Gasteiger partial charge in [-0.15, -0.1) is 11.3 Å². The van der Waals surface area contributed by atoms with Crippen molar-refractivity contribution in [1.29, 1.82) is 0 Å². The minimum Gasteiger partial charge on any atom is -0.496 e. The lowest BCUT2D eigenvalue weighted by atomic mass is 10.0. The molecule has 2 aromatic rings. The van der Waals surface area contributed by atoms with E-state index in [2.05, 4.69) is 68.3 Å². The van der Waals surface area contributed by atoms with Gasteiger partial charge in [0, 0.05) is 10.5 Å². The largest absolute Gasteiger partial charge is 0.496 e. The van der Waals surface area contributed by atoms with E-state index in [1.807, 2.05) is 12.1 Å². The Bertz CT molecular complexity index is 573. The second-order valence-electron chi connectivity index (χ2n) is 4.45. The average molecular weight is 466 g/mol. The average Bonchev–Trinajstić information content (AvgIpc) is 2.85. The van der Waals surface area contributed by atoms with Crippen LogP contribution in [0.5, 0.6) is 5.75 Å². The second-order valence-corrected chi connectivity index (χ2v) is 8.18. The van der Waals surface area contributed by atoms with Gasteiger partial charge < -0.3 is 10.1 Å². The highest BCUT2D eigenvalue weighted by atomic mass is 127. The molecule has 0 amide bonds. The Balaban J connectivity index is 2.26. The summed E-state index contributed by atoms with van der Waals surface area (Å²) < 4.78 is 7.88. The van der Waals surface area contributed by atoms with Crippen LogP contribution in [0.4, 0.5) is 0 Å². The molecule has 0 bridgehead atoms. The standard InChI is InChI=1S/C15H17BrINOS/c1-3-18-13(11-8-15(17)20-9-11)7-10-6-12(16)4-5-14(10)19-2/h4-6,8-9,13,18H,3,7H2,1-2H3. The molecule has 1 heterocycles. The van der Waals surface area contributed by atoms with Crippen molar-refractivity contribution in [3.63, 3.8) is 0 Å². The molecule has 0 aliphatic heterocycles. The van der Waals surface area contributed by atoms with Crippen LogP contribution in [0.15, 0.2) is 34.1 Å². The van der Waals surface area contributed by atoms with Crippen LogP contribution in [0.3, 0.4) is 0 Å². The number of thiophene rings is 1. The summed E-state index contributed by atoms with van der Waals surface area (Å²) in [6, 6.07) is 8.74. The van der Waals surface area contributed by atoms with Gasteiger partial charge in [-0.05, 0) is 76.3 Å². The minimum absolute atomic E-state index is 0.322. The summed E-state index contributed by atoms with van der Waals surface area (Å²) in [6.45, 7) is 3.09. The van der Waals surface area contributed by atoms with Crippen molar-refractivity contribution in [3.8, 4) is 5.75 Å². The second kappa shape index (κ2) is 7.77. The van der Waals surface area contributed by atoms with Gasteiger partial charge in [-0.1, -0.05) is 22.9 Å². The molecule has 0 aliphatic rings. The number of methoxy groups -OCH3 is 1. The van der Waals surface area contributed by atoms with E-state index in [1.165, 1.54) is 14.0 Å². The van der Waals surface area contributed by atoms with Crippen LogP contribution in [0.2, 0.25) is 0 Å². The smallest absolute Gasteiger partial charge is 0.122 e. The first-order valence-corrected chi connectivity index (χ1v) is 9.19. The summed E-state index contributed by atoms with van der Waals surface area (Å²) >= 11 is 7.70. The number of benzene rings is 1. The van der Waals surface area contributed by atoms with E-state index < -0.39 is 0 Å². The lowest BCUT2D eigenvalue weighted by Crippen LogP contribution is -2.22. The molecule has 108 valence electrons. The van der Waals surface area contributed by atoms with Gasteiger partial charge in [-0.3, -0.25) is 0 Å². The Morgan fingerprint density at radius 2 is 2.20 bits per heavy atom. The number of rotatable bonds is 6. The van der Waals surface area contributed by atoms with Crippen LogP contribution in [0, 0.1) is 2.88 Å². The van der Waals surface area contributed by atoms with E-state index >= 15 is 0 Å². The van der Waals surface area contributed by atoms with E-state index in [9.17, 15) is 0 Å². The van der Waals surface area contributed by atoms with E-state index in [0.717, 1.165) is 23.2 Å². The van der Waals surface area contributed by atoms with Gasteiger partial charge >= 0.3 is 0 Å². The zero-order valence-corrected chi connectivity index (χ0v) is 16.0. The quantitative estimate of drug-likeness (QED) is 0.605. The van der Waals surface area contributed by atoms with Gasteiger partial charge in [0.25, 0.3) is 0 Å². The summed E-state index contributed by atoms with van der Waals surface area (Å²) in [5.74, 6) is 0.945. The van der Waals surface area contributed by atoms with Crippen LogP contribution in [-0.2, 0) is 6.42 Å². The summed E-state index contributed by atoms with van der Waals surface area (Å²) in [5.41, 5.74) is 2.57. The molecule has 1 aromatic heterocycles. The van der Waals surface area contributed by atoms with Crippen LogP contribution >= 0.6 is 49.9 Å². The molecule has 0 saturated carbocycles. The van der Waals surface area contributed by atoms with Crippen molar-refractivity contribution in [3.05, 3.63) is 48.1 Å². The molecule has 0 saturated heterocycles. The van der Waals surface area contributed by atoms with Crippen molar-refractivity contribution >= 4 is 49.9 Å². The molecule has 5 heteroatoms. The molecule has 1 unspecified atom stereocenters. The van der Waals surface area contributed by atoms with E-state index in [4.69, 9.17) is 4.74 Å². The minimum atomic E-state index is 0.322. The Kier molecular flexibility index (Phi) is 6.32. The number of likely N-dealkylation sites (N-methyl/N-ethyl adjacent to an activating group) is 1. The zero-order chi connectivity index (χ0) is 14.5. The Morgan fingerprint density at radius 1 is 1.40 bits per heavy atom. The summed E-state index contributed by atoms with van der Waals surface area (Å²) in [5, 5.41) is 5.80. The van der Waals surface area contributed by atoms with Crippen LogP contribution in [-0.4, -0.2) is 13.7 Å². The van der Waals surface area contributed by atoms with Gasteiger partial charge in [-0.25, -0.2) is 0 Å². The van der Waals surface area contributed by atoms with E-state index in [1.54, 1.807) is 18.4 Å². The number of halogens is 2. The van der Waals surface area contributed by atoms with E-state index in [-0.39, 0.29) is 0 Å². The SMILES string of the molecule is CCNC(Cc1cc(Br)ccc1OC)c1csc(I)c1. The van der Waals surface area contributed by atoms with Gasteiger partial charge in [-0.2, -0.15) is 0 Å². The molecule has 1 N–H and O–H groups in total. The Labute approximate surface area is 146 Å². The predicted molar refractivity (Wildman–Crippen MR) is 97.9 cm³/mol. The highest BCUT2D eigenvalue weighted by Gasteiger charge is 2.15. The molecule has 0 fully saturated rings. The molecule has 2 nitrogen and oxygen atoms in total. The summed E-state index contributed by atoms with van der Waals surface area (Å²) in [7, 11) is 1.72. The highest BCUT2D eigenvalue weighted by Crippen LogP contribution is 2.30. The maximum atomic E-state index is 5.47. The van der Waals surface area contributed by atoms with Crippen LogP contribution in [0.1, 0.15) is 24.1 Å². The molecular weight excluding hydrogens is 449 g/mol. The van der Waals surface area contributed by atoms with Crippen molar-refractivity contribution in [1.82, 2.24) is 5.32 Å². The molecule has 1 atom stereocenters. The third-order valence-corrected chi connectivity index (χ3v) is 5.41. The lowest BCUT2D eigenvalue weighted by Gasteiger charge is -2.18. The van der Waals surface area contributed by atoms with Gasteiger partial charge in [0.2, 0.25) is 0 Å². The fraction of sp³-hybridized carbons (Fsp3) is 0.333. The van der Waals surface area contributed by atoms with Gasteiger partial charge in [0.1, 0.15) is 5.75 Å². The van der Waals surface area contributed by atoms with Crippen LogP contribution < -0.4 is 10.1 Å². The van der Waals surface area contributed by atoms with E-state index in [0.29, 0.717) is 6.04 Å². The first kappa shape index (κ1) is 16.3. The third kappa shape index (κ3) is 4.19. The van der Waals surface area contributed by atoms with Crippen molar-refractivity contribution < 1.29 is 4.74 Å². The van der Waals surface area contributed by atoms with Crippen molar-refractivity contribution in [2.24, 2.45) is 0 Å². The Hall–Kier alpha value is -0.110. The first-order valence-electron chi connectivity index (χ1n) is 6.43. The Morgan fingerprint density at radius 3 is 2.80 bits per heavy atom. The molecule has 20 heavy (non-hydrogen) atoms. The summed E-state index contributed by atoms with van der Waals surface area (Å²) in [4.78, 5) is 0. The number of hydrogen-bond donors (Lipinski definition) is 1. The monoisotopic (exact) mass is 465 g/mol. The fourth-order valence-electron chi connectivity index (χ4n) is 2.19. The van der Waals surface area contributed by atoms with Crippen molar-refractivity contribution in [2.75, 3.05) is 13.7 Å². The molecule has 2 rings (SSSR count). The predicted octanol–water partition coefficient (Wildman–Crippen LogP) is 5.02. The number of hydrogen-bond acceptors (Lipinski definition) is 3. The lowest BCUT2D eigenvalue weighted by molar-refractivity contribution is 0.405.